The first-order valence-electron chi connectivity index (χ1n) is 7.22. The number of nitrogens with one attached hydrogen (secondary N) is 1. The Kier molecular flexibility index (Phi) is 10.6. The highest BCUT2D eigenvalue weighted by Crippen LogP contribution is 2.08. The first-order valence-corrected chi connectivity index (χ1v) is 7.22. The molecule has 126 valence electrons. The SMILES string of the molecule is C=C(CC)N[C@@H](COC[C@H](O)[C@@H](O)CO)[C@H](O)[C@H](O)CC. The van der Waals surface area contributed by atoms with Crippen LogP contribution in [-0.4, -0.2) is 75.8 Å². The lowest BCUT2D eigenvalue weighted by molar-refractivity contribution is -0.0722. The summed E-state index contributed by atoms with van der Waals surface area (Å²) in [6.07, 6.45) is -3.37. The highest BCUT2D eigenvalue weighted by molar-refractivity contribution is 4.95. The molecule has 7 nitrogen and oxygen atoms in total. The quantitative estimate of drug-likeness (QED) is 0.266. The molecule has 0 saturated heterocycles. The molecule has 21 heavy (non-hydrogen) atoms. The van der Waals surface area contributed by atoms with Crippen LogP contribution in [0.4, 0.5) is 0 Å². The van der Waals surface area contributed by atoms with E-state index in [9.17, 15) is 20.4 Å². The predicted octanol–water partition coefficient (Wildman–Crippen LogP) is -1.27. The molecule has 0 amide bonds. The smallest absolute Gasteiger partial charge is 0.105 e. The maximum absolute atomic E-state index is 10.1. The normalized spacial score (nSPS) is 18.6. The monoisotopic (exact) mass is 307 g/mol. The van der Waals surface area contributed by atoms with E-state index in [-0.39, 0.29) is 13.2 Å². The first-order chi connectivity index (χ1) is 9.87. The summed E-state index contributed by atoms with van der Waals surface area (Å²) in [5, 5.41) is 50.1. The summed E-state index contributed by atoms with van der Waals surface area (Å²) in [5.74, 6) is 0. The van der Waals surface area contributed by atoms with Gasteiger partial charge in [-0.25, -0.2) is 0 Å². The van der Waals surface area contributed by atoms with Crippen molar-refractivity contribution in [1.29, 1.82) is 0 Å². The van der Waals surface area contributed by atoms with Crippen molar-refractivity contribution in [2.45, 2.75) is 57.1 Å². The van der Waals surface area contributed by atoms with Crippen LogP contribution in [0, 0.1) is 0 Å². The van der Waals surface area contributed by atoms with Gasteiger partial charge in [-0.05, 0) is 12.8 Å². The average Bonchev–Trinajstić information content (AvgIpc) is 2.50. The summed E-state index contributed by atoms with van der Waals surface area (Å²) in [6.45, 7) is 6.71. The fraction of sp³-hybridized carbons (Fsp3) is 0.857. The third-order valence-electron chi connectivity index (χ3n) is 3.26. The minimum absolute atomic E-state index is 0.0203. The molecule has 0 unspecified atom stereocenters. The van der Waals surface area contributed by atoms with Crippen LogP contribution in [0.1, 0.15) is 26.7 Å². The molecular weight excluding hydrogens is 278 g/mol. The second kappa shape index (κ2) is 10.9. The van der Waals surface area contributed by atoms with Gasteiger partial charge in [-0.2, -0.15) is 0 Å². The van der Waals surface area contributed by atoms with Crippen molar-refractivity contribution in [3.8, 4) is 0 Å². The number of rotatable bonds is 12. The molecule has 0 aliphatic carbocycles. The standard InChI is InChI=1S/C14H29NO6/c1-4-9(3)15-10(14(20)11(17)5-2)7-21-8-13(19)12(18)6-16/h10-20H,3-8H2,1-2H3/t10-,11+,12-,13-,14-/m0/s1. The van der Waals surface area contributed by atoms with E-state index in [1.807, 2.05) is 6.92 Å². The van der Waals surface area contributed by atoms with Crippen molar-refractivity contribution in [2.75, 3.05) is 19.8 Å². The number of hydrogen-bond acceptors (Lipinski definition) is 7. The number of aliphatic hydroxyl groups is 5. The summed E-state index contributed by atoms with van der Waals surface area (Å²) < 4.78 is 5.25. The van der Waals surface area contributed by atoms with E-state index in [0.717, 1.165) is 0 Å². The molecule has 0 aromatic carbocycles. The molecule has 0 aliphatic rings. The Labute approximate surface area is 125 Å². The lowest BCUT2D eigenvalue weighted by atomic mass is 10.0. The van der Waals surface area contributed by atoms with E-state index < -0.39 is 37.1 Å². The van der Waals surface area contributed by atoms with Crippen LogP contribution in [0.2, 0.25) is 0 Å². The Hall–Kier alpha value is -0.700. The van der Waals surface area contributed by atoms with Crippen molar-refractivity contribution in [3.63, 3.8) is 0 Å². The van der Waals surface area contributed by atoms with Gasteiger partial charge in [0.25, 0.3) is 0 Å². The highest BCUT2D eigenvalue weighted by atomic mass is 16.5. The van der Waals surface area contributed by atoms with Crippen LogP contribution >= 0.6 is 0 Å². The van der Waals surface area contributed by atoms with Gasteiger partial charge in [-0.3, -0.25) is 0 Å². The van der Waals surface area contributed by atoms with E-state index in [1.54, 1.807) is 6.92 Å². The van der Waals surface area contributed by atoms with E-state index in [0.29, 0.717) is 18.5 Å². The lowest BCUT2D eigenvalue weighted by Gasteiger charge is -2.29. The van der Waals surface area contributed by atoms with Gasteiger partial charge in [-0.1, -0.05) is 20.4 Å². The van der Waals surface area contributed by atoms with E-state index in [2.05, 4.69) is 11.9 Å². The Morgan fingerprint density at radius 3 is 2.14 bits per heavy atom. The Morgan fingerprint density at radius 1 is 1.05 bits per heavy atom. The Bertz CT molecular complexity index is 289. The van der Waals surface area contributed by atoms with Gasteiger partial charge >= 0.3 is 0 Å². The van der Waals surface area contributed by atoms with Crippen LogP contribution in [0.5, 0.6) is 0 Å². The van der Waals surface area contributed by atoms with Crippen LogP contribution in [-0.2, 0) is 4.74 Å². The van der Waals surface area contributed by atoms with E-state index >= 15 is 0 Å². The minimum Gasteiger partial charge on any atom is -0.394 e. The number of hydrogen-bond donors (Lipinski definition) is 6. The molecule has 0 aromatic heterocycles. The topological polar surface area (TPSA) is 122 Å². The zero-order valence-corrected chi connectivity index (χ0v) is 12.8. The molecule has 6 N–H and O–H groups in total. The van der Waals surface area contributed by atoms with Crippen molar-refractivity contribution >= 4 is 0 Å². The van der Waals surface area contributed by atoms with Gasteiger partial charge < -0.3 is 35.6 Å². The molecule has 0 spiro atoms. The van der Waals surface area contributed by atoms with Crippen LogP contribution in [0.25, 0.3) is 0 Å². The fourth-order valence-electron chi connectivity index (χ4n) is 1.65. The molecule has 5 atom stereocenters. The van der Waals surface area contributed by atoms with Crippen LogP contribution in [0.15, 0.2) is 12.3 Å². The van der Waals surface area contributed by atoms with E-state index in [1.165, 1.54) is 0 Å². The largest absolute Gasteiger partial charge is 0.394 e. The van der Waals surface area contributed by atoms with Crippen molar-refractivity contribution in [2.24, 2.45) is 0 Å². The van der Waals surface area contributed by atoms with E-state index in [4.69, 9.17) is 9.84 Å². The first kappa shape index (κ1) is 20.3. The number of allylic oxidation sites excluding steroid dienone is 1. The second-order valence-corrected chi connectivity index (χ2v) is 5.03. The summed E-state index contributed by atoms with van der Waals surface area (Å²) in [7, 11) is 0. The molecule has 7 heteroatoms. The number of aliphatic hydroxyl groups excluding tert-OH is 5. The maximum Gasteiger partial charge on any atom is 0.105 e. The molecular formula is C14H29NO6. The zero-order valence-electron chi connectivity index (χ0n) is 12.8. The Morgan fingerprint density at radius 2 is 1.67 bits per heavy atom. The zero-order chi connectivity index (χ0) is 16.4. The van der Waals surface area contributed by atoms with Gasteiger partial charge in [-0.15, -0.1) is 0 Å². The lowest BCUT2D eigenvalue weighted by Crippen LogP contribution is -2.49. The van der Waals surface area contributed by atoms with Gasteiger partial charge in [0.05, 0.1) is 32.0 Å². The average molecular weight is 307 g/mol. The van der Waals surface area contributed by atoms with Gasteiger partial charge in [0, 0.05) is 5.70 Å². The molecule has 0 radical (unpaired) electrons. The summed E-state index contributed by atoms with van der Waals surface area (Å²) in [5.41, 5.74) is 0.696. The molecule has 0 aliphatic heterocycles. The maximum atomic E-state index is 10.1. The van der Waals surface area contributed by atoms with Gasteiger partial charge in [0.15, 0.2) is 0 Å². The van der Waals surface area contributed by atoms with Crippen LogP contribution < -0.4 is 5.32 Å². The van der Waals surface area contributed by atoms with Crippen molar-refractivity contribution in [3.05, 3.63) is 12.3 Å². The highest BCUT2D eigenvalue weighted by Gasteiger charge is 2.26. The molecule has 0 heterocycles. The van der Waals surface area contributed by atoms with Crippen molar-refractivity contribution < 1.29 is 30.3 Å². The molecule has 0 saturated carbocycles. The summed E-state index contributed by atoms with van der Waals surface area (Å²) in [6, 6.07) is -0.578. The third kappa shape index (κ3) is 7.75. The summed E-state index contributed by atoms with van der Waals surface area (Å²) in [4.78, 5) is 0. The predicted molar refractivity (Wildman–Crippen MR) is 78.6 cm³/mol. The molecule has 0 aromatic rings. The second-order valence-electron chi connectivity index (χ2n) is 5.03. The third-order valence-corrected chi connectivity index (χ3v) is 3.26. The minimum atomic E-state index is -1.27. The molecule has 0 rings (SSSR count). The van der Waals surface area contributed by atoms with Gasteiger partial charge in [0.1, 0.15) is 18.3 Å². The summed E-state index contributed by atoms with van der Waals surface area (Å²) >= 11 is 0. The molecule has 0 fully saturated rings. The van der Waals surface area contributed by atoms with Crippen LogP contribution in [0.3, 0.4) is 0 Å². The fourth-order valence-corrected chi connectivity index (χ4v) is 1.65. The van der Waals surface area contributed by atoms with Crippen molar-refractivity contribution in [1.82, 2.24) is 5.32 Å². The Balaban J connectivity index is 4.43. The molecule has 0 bridgehead atoms. The van der Waals surface area contributed by atoms with Gasteiger partial charge in [0.2, 0.25) is 0 Å². The number of ether oxygens (including phenoxy) is 1.